The van der Waals surface area contributed by atoms with Crippen LogP contribution < -0.4 is 10.1 Å². The van der Waals surface area contributed by atoms with E-state index in [0.717, 1.165) is 34.1 Å². The van der Waals surface area contributed by atoms with Crippen molar-refractivity contribution >= 4 is 21.9 Å². The summed E-state index contributed by atoms with van der Waals surface area (Å²) in [5, 5.41) is 3.39. The van der Waals surface area contributed by atoms with E-state index < -0.39 is 0 Å². The summed E-state index contributed by atoms with van der Waals surface area (Å²) in [4.78, 5) is 4.54. The van der Waals surface area contributed by atoms with E-state index >= 15 is 0 Å². The SMILES string of the molecule is COc1ccc(-n2cc(C)nc2NCC(C)C)cc1Br. The van der Waals surface area contributed by atoms with Crippen molar-refractivity contribution in [1.82, 2.24) is 9.55 Å². The quantitative estimate of drug-likeness (QED) is 0.895. The predicted molar refractivity (Wildman–Crippen MR) is 85.9 cm³/mol. The number of hydrogen-bond donors (Lipinski definition) is 1. The largest absolute Gasteiger partial charge is 0.496 e. The van der Waals surface area contributed by atoms with Crippen molar-refractivity contribution in [3.05, 3.63) is 34.6 Å². The van der Waals surface area contributed by atoms with Gasteiger partial charge in [-0.3, -0.25) is 4.57 Å². The molecule has 0 saturated heterocycles. The average molecular weight is 338 g/mol. The third-order valence-electron chi connectivity index (χ3n) is 2.91. The first-order valence-corrected chi connectivity index (χ1v) is 7.44. The molecule has 5 heteroatoms. The van der Waals surface area contributed by atoms with Gasteiger partial charge in [0.1, 0.15) is 5.75 Å². The van der Waals surface area contributed by atoms with Crippen LogP contribution in [0.1, 0.15) is 19.5 Å². The lowest BCUT2D eigenvalue weighted by Crippen LogP contribution is -2.12. The van der Waals surface area contributed by atoms with Crippen LogP contribution in [-0.2, 0) is 0 Å². The molecule has 1 heterocycles. The number of hydrogen-bond acceptors (Lipinski definition) is 3. The van der Waals surface area contributed by atoms with Crippen molar-refractivity contribution < 1.29 is 4.74 Å². The third-order valence-corrected chi connectivity index (χ3v) is 3.53. The molecule has 0 atom stereocenters. The Morgan fingerprint density at radius 2 is 2.15 bits per heavy atom. The van der Waals surface area contributed by atoms with Crippen LogP contribution in [0.25, 0.3) is 5.69 Å². The highest BCUT2D eigenvalue weighted by molar-refractivity contribution is 9.10. The number of aryl methyl sites for hydroxylation is 1. The minimum Gasteiger partial charge on any atom is -0.496 e. The van der Waals surface area contributed by atoms with Crippen LogP contribution >= 0.6 is 15.9 Å². The number of rotatable bonds is 5. The smallest absolute Gasteiger partial charge is 0.207 e. The third kappa shape index (κ3) is 3.33. The summed E-state index contributed by atoms with van der Waals surface area (Å²) in [7, 11) is 1.66. The van der Waals surface area contributed by atoms with Crippen molar-refractivity contribution in [3.8, 4) is 11.4 Å². The van der Waals surface area contributed by atoms with Gasteiger partial charge in [0.05, 0.1) is 17.3 Å². The molecule has 0 fully saturated rings. The molecule has 108 valence electrons. The van der Waals surface area contributed by atoms with Gasteiger partial charge in [-0.2, -0.15) is 0 Å². The normalized spacial score (nSPS) is 10.9. The second kappa shape index (κ2) is 6.31. The maximum absolute atomic E-state index is 5.26. The van der Waals surface area contributed by atoms with Gasteiger partial charge < -0.3 is 10.1 Å². The molecule has 0 aliphatic rings. The highest BCUT2D eigenvalue weighted by Gasteiger charge is 2.09. The van der Waals surface area contributed by atoms with Crippen molar-refractivity contribution in [1.29, 1.82) is 0 Å². The summed E-state index contributed by atoms with van der Waals surface area (Å²) in [6.45, 7) is 7.25. The Morgan fingerprint density at radius 3 is 2.75 bits per heavy atom. The van der Waals surface area contributed by atoms with Crippen molar-refractivity contribution in [2.45, 2.75) is 20.8 Å². The molecule has 1 N–H and O–H groups in total. The number of anilines is 1. The minimum absolute atomic E-state index is 0.572. The van der Waals surface area contributed by atoms with E-state index in [1.807, 2.05) is 31.3 Å². The molecule has 0 amide bonds. The van der Waals surface area contributed by atoms with E-state index in [4.69, 9.17) is 4.74 Å². The van der Waals surface area contributed by atoms with Crippen LogP contribution in [0.4, 0.5) is 5.95 Å². The van der Waals surface area contributed by atoms with Gasteiger partial charge in [0, 0.05) is 18.4 Å². The molecule has 0 saturated carbocycles. The van der Waals surface area contributed by atoms with Crippen LogP contribution in [0, 0.1) is 12.8 Å². The molecule has 0 unspecified atom stereocenters. The van der Waals surface area contributed by atoms with Gasteiger partial charge >= 0.3 is 0 Å². The van der Waals surface area contributed by atoms with Crippen LogP contribution in [-0.4, -0.2) is 23.2 Å². The zero-order valence-corrected chi connectivity index (χ0v) is 13.9. The topological polar surface area (TPSA) is 39.1 Å². The lowest BCUT2D eigenvalue weighted by molar-refractivity contribution is 0.412. The van der Waals surface area contributed by atoms with Gasteiger partial charge in [0.2, 0.25) is 5.95 Å². The molecule has 20 heavy (non-hydrogen) atoms. The maximum Gasteiger partial charge on any atom is 0.207 e. The van der Waals surface area contributed by atoms with Crippen LogP contribution in [0.15, 0.2) is 28.9 Å². The number of ether oxygens (including phenoxy) is 1. The van der Waals surface area contributed by atoms with Crippen molar-refractivity contribution in [3.63, 3.8) is 0 Å². The summed E-state index contributed by atoms with van der Waals surface area (Å²) in [5.41, 5.74) is 2.03. The van der Waals surface area contributed by atoms with Crippen molar-refractivity contribution in [2.24, 2.45) is 5.92 Å². The van der Waals surface area contributed by atoms with E-state index in [-0.39, 0.29) is 0 Å². The fourth-order valence-corrected chi connectivity index (χ4v) is 2.45. The first-order chi connectivity index (χ1) is 9.51. The molecule has 0 radical (unpaired) electrons. The Hall–Kier alpha value is -1.49. The van der Waals surface area contributed by atoms with Gasteiger partial charge in [-0.05, 0) is 47.0 Å². The molecule has 1 aromatic heterocycles. The number of nitrogens with one attached hydrogen (secondary N) is 1. The number of halogens is 1. The van der Waals surface area contributed by atoms with Gasteiger partial charge in [0.25, 0.3) is 0 Å². The second-order valence-corrected chi connectivity index (χ2v) is 6.02. The second-order valence-electron chi connectivity index (χ2n) is 5.17. The van der Waals surface area contributed by atoms with Crippen LogP contribution in [0.5, 0.6) is 5.75 Å². The molecular formula is C15H20BrN3O. The standard InChI is InChI=1S/C15H20BrN3O/c1-10(2)8-17-15-18-11(3)9-19(15)12-5-6-14(20-4)13(16)7-12/h5-7,9-10H,8H2,1-4H3,(H,17,18). The molecule has 4 nitrogen and oxygen atoms in total. The summed E-state index contributed by atoms with van der Waals surface area (Å²) < 4.78 is 8.25. The average Bonchev–Trinajstić information content (AvgIpc) is 2.77. The summed E-state index contributed by atoms with van der Waals surface area (Å²) in [6.07, 6.45) is 2.02. The van der Waals surface area contributed by atoms with Gasteiger partial charge in [-0.1, -0.05) is 13.8 Å². The number of aromatic nitrogens is 2. The number of nitrogens with zero attached hydrogens (tertiary/aromatic N) is 2. The monoisotopic (exact) mass is 337 g/mol. The zero-order valence-electron chi connectivity index (χ0n) is 12.3. The van der Waals surface area contributed by atoms with Gasteiger partial charge in [-0.15, -0.1) is 0 Å². The zero-order chi connectivity index (χ0) is 14.7. The first-order valence-electron chi connectivity index (χ1n) is 6.65. The Kier molecular flexibility index (Phi) is 4.70. The highest BCUT2D eigenvalue weighted by atomic mass is 79.9. The summed E-state index contributed by atoms with van der Waals surface area (Å²) in [5.74, 6) is 2.26. The molecular weight excluding hydrogens is 318 g/mol. The molecule has 2 aromatic rings. The number of methoxy groups -OCH3 is 1. The molecule has 0 bridgehead atoms. The molecule has 1 aromatic carbocycles. The maximum atomic E-state index is 5.26. The Balaban J connectivity index is 2.34. The minimum atomic E-state index is 0.572. The molecule has 0 aliphatic carbocycles. The molecule has 0 aliphatic heterocycles. The van der Waals surface area contributed by atoms with E-state index in [9.17, 15) is 0 Å². The predicted octanol–water partition coefficient (Wildman–Crippen LogP) is 4.02. The summed E-state index contributed by atoms with van der Waals surface area (Å²) >= 11 is 3.52. The van der Waals surface area contributed by atoms with Gasteiger partial charge in [-0.25, -0.2) is 4.98 Å². The van der Waals surface area contributed by atoms with E-state index in [1.165, 1.54) is 0 Å². The fourth-order valence-electron chi connectivity index (χ4n) is 1.92. The fraction of sp³-hybridized carbons (Fsp3) is 0.400. The summed E-state index contributed by atoms with van der Waals surface area (Å²) in [6, 6.07) is 5.99. The van der Waals surface area contributed by atoms with E-state index in [2.05, 4.69) is 44.6 Å². The molecule has 0 spiro atoms. The van der Waals surface area contributed by atoms with Crippen molar-refractivity contribution in [2.75, 3.05) is 19.0 Å². The van der Waals surface area contributed by atoms with E-state index in [0.29, 0.717) is 5.92 Å². The van der Waals surface area contributed by atoms with E-state index in [1.54, 1.807) is 7.11 Å². The first kappa shape index (κ1) is 14.9. The van der Waals surface area contributed by atoms with Crippen LogP contribution in [0.3, 0.4) is 0 Å². The van der Waals surface area contributed by atoms with Gasteiger partial charge in [0.15, 0.2) is 0 Å². The Morgan fingerprint density at radius 1 is 1.40 bits per heavy atom. The lowest BCUT2D eigenvalue weighted by Gasteiger charge is -2.12. The number of imidazole rings is 1. The Bertz CT molecular complexity index is 593. The lowest BCUT2D eigenvalue weighted by atomic mass is 10.2. The molecule has 2 rings (SSSR count). The Labute approximate surface area is 128 Å². The van der Waals surface area contributed by atoms with Crippen LogP contribution in [0.2, 0.25) is 0 Å². The highest BCUT2D eigenvalue weighted by Crippen LogP contribution is 2.28. The number of benzene rings is 1.